The van der Waals surface area contributed by atoms with Crippen molar-refractivity contribution in [3.05, 3.63) is 28.4 Å². The van der Waals surface area contributed by atoms with Crippen LogP contribution >= 0.6 is 0 Å². The van der Waals surface area contributed by atoms with E-state index in [1.54, 1.807) is 12.1 Å². The molecule has 6 nitrogen and oxygen atoms in total. The van der Waals surface area contributed by atoms with Crippen molar-refractivity contribution in [3.63, 3.8) is 0 Å². The molecule has 6 heteroatoms. The van der Waals surface area contributed by atoms with E-state index in [0.29, 0.717) is 17.6 Å². The highest BCUT2D eigenvalue weighted by Crippen LogP contribution is 2.29. The van der Waals surface area contributed by atoms with E-state index in [1.165, 1.54) is 12.6 Å². The monoisotopic (exact) mass is 278 g/mol. The maximum atomic E-state index is 11.1. The van der Waals surface area contributed by atoms with Gasteiger partial charge in [-0.15, -0.1) is 0 Å². The van der Waals surface area contributed by atoms with Crippen molar-refractivity contribution < 1.29 is 4.92 Å². The number of pyridine rings is 1. The Labute approximate surface area is 119 Å². The zero-order valence-corrected chi connectivity index (χ0v) is 12.1. The largest absolute Gasteiger partial charge is 0.387 e. The van der Waals surface area contributed by atoms with Gasteiger partial charge < -0.3 is 20.3 Å². The molecule has 0 bridgehead atoms. The van der Waals surface area contributed by atoms with Gasteiger partial charge in [0, 0.05) is 19.1 Å². The zero-order valence-electron chi connectivity index (χ0n) is 12.1. The summed E-state index contributed by atoms with van der Waals surface area (Å²) in [7, 11) is 0. The van der Waals surface area contributed by atoms with Crippen LogP contribution in [0.1, 0.15) is 26.7 Å². The summed E-state index contributed by atoms with van der Waals surface area (Å²) in [6.07, 6.45) is 3.71. The van der Waals surface area contributed by atoms with Crippen LogP contribution < -0.4 is 10.2 Å². The summed E-state index contributed by atoms with van der Waals surface area (Å²) < 4.78 is 0. The molecule has 1 aromatic rings. The lowest BCUT2D eigenvalue weighted by molar-refractivity contribution is -0.388. The van der Waals surface area contributed by atoms with E-state index >= 15 is 0 Å². The predicted octanol–water partition coefficient (Wildman–Crippen LogP) is 2.20. The fourth-order valence-electron chi connectivity index (χ4n) is 2.63. The average Bonchev–Trinajstić information content (AvgIpc) is 2.45. The van der Waals surface area contributed by atoms with Crippen LogP contribution in [0.25, 0.3) is 0 Å². The molecule has 0 radical (unpaired) electrons. The van der Waals surface area contributed by atoms with Gasteiger partial charge in [0.25, 0.3) is 0 Å². The molecule has 110 valence electrons. The first-order valence-electron chi connectivity index (χ1n) is 7.15. The van der Waals surface area contributed by atoms with Crippen molar-refractivity contribution in [2.45, 2.75) is 32.7 Å². The number of nitrogens with zero attached hydrogens (tertiary/aromatic N) is 3. The second kappa shape index (κ2) is 6.65. The van der Waals surface area contributed by atoms with Crippen molar-refractivity contribution in [3.8, 4) is 0 Å². The number of anilines is 1. The quantitative estimate of drug-likeness (QED) is 0.660. The van der Waals surface area contributed by atoms with E-state index < -0.39 is 4.92 Å². The Morgan fingerprint density at radius 1 is 1.60 bits per heavy atom. The lowest BCUT2D eigenvalue weighted by atomic mass is 9.97. The van der Waals surface area contributed by atoms with Crippen LogP contribution in [-0.4, -0.2) is 35.6 Å². The van der Waals surface area contributed by atoms with E-state index in [0.717, 1.165) is 26.1 Å². The van der Waals surface area contributed by atoms with Crippen LogP contribution in [0.5, 0.6) is 0 Å². The van der Waals surface area contributed by atoms with Gasteiger partial charge in [0.2, 0.25) is 0 Å². The third kappa shape index (κ3) is 3.66. The molecule has 0 aromatic carbocycles. The van der Waals surface area contributed by atoms with E-state index in [2.05, 4.69) is 29.0 Å². The van der Waals surface area contributed by atoms with Gasteiger partial charge in [-0.2, -0.15) is 0 Å². The van der Waals surface area contributed by atoms with Crippen molar-refractivity contribution in [1.29, 1.82) is 0 Å². The molecular weight excluding hydrogens is 256 g/mol. The van der Waals surface area contributed by atoms with Gasteiger partial charge in [-0.25, -0.2) is 0 Å². The van der Waals surface area contributed by atoms with Gasteiger partial charge in [-0.3, -0.25) is 0 Å². The molecule has 1 aliphatic heterocycles. The first-order valence-corrected chi connectivity index (χ1v) is 7.15. The molecule has 1 fully saturated rings. The standard InChI is InChI=1S/C14H22N4O2/c1-11(2)16-9-12-5-4-8-17(10-12)13-6-3-7-15-14(13)18(19)20/h3,6-7,11-12,16H,4-5,8-10H2,1-2H3. The van der Waals surface area contributed by atoms with Gasteiger partial charge in [-0.05, 0) is 47.3 Å². The number of rotatable bonds is 5. The lowest BCUT2D eigenvalue weighted by Crippen LogP contribution is -2.41. The minimum atomic E-state index is -0.398. The Morgan fingerprint density at radius 2 is 2.40 bits per heavy atom. The highest BCUT2D eigenvalue weighted by Gasteiger charge is 2.25. The zero-order chi connectivity index (χ0) is 14.5. The molecule has 0 aliphatic carbocycles. The average molecular weight is 278 g/mol. The molecular formula is C14H22N4O2. The number of piperidine rings is 1. The molecule has 1 saturated heterocycles. The topological polar surface area (TPSA) is 71.3 Å². The number of hydrogen-bond donors (Lipinski definition) is 1. The molecule has 2 heterocycles. The lowest BCUT2D eigenvalue weighted by Gasteiger charge is -2.34. The number of aromatic nitrogens is 1. The van der Waals surface area contributed by atoms with Gasteiger partial charge in [0.15, 0.2) is 0 Å². The molecule has 1 atom stereocenters. The van der Waals surface area contributed by atoms with Crippen LogP contribution in [0.4, 0.5) is 11.5 Å². The summed E-state index contributed by atoms with van der Waals surface area (Å²) in [6, 6.07) is 4.03. The van der Waals surface area contributed by atoms with Crippen LogP contribution in [0.2, 0.25) is 0 Å². The molecule has 2 rings (SSSR count). The summed E-state index contributed by atoms with van der Waals surface area (Å²) >= 11 is 0. The second-order valence-electron chi connectivity index (χ2n) is 5.62. The number of nitro groups is 1. The van der Waals surface area contributed by atoms with E-state index in [1.807, 2.05) is 0 Å². The third-order valence-electron chi connectivity index (χ3n) is 3.61. The van der Waals surface area contributed by atoms with Gasteiger partial charge >= 0.3 is 5.82 Å². The van der Waals surface area contributed by atoms with Crippen molar-refractivity contribution in [2.75, 3.05) is 24.5 Å². The van der Waals surface area contributed by atoms with E-state index in [9.17, 15) is 10.1 Å². The summed E-state index contributed by atoms with van der Waals surface area (Å²) in [4.78, 5) is 16.7. The molecule has 1 N–H and O–H groups in total. The molecule has 0 spiro atoms. The Balaban J connectivity index is 2.07. The maximum Gasteiger partial charge on any atom is 0.387 e. The van der Waals surface area contributed by atoms with Crippen LogP contribution in [0, 0.1) is 16.0 Å². The van der Waals surface area contributed by atoms with Crippen LogP contribution in [0.3, 0.4) is 0 Å². The third-order valence-corrected chi connectivity index (χ3v) is 3.61. The highest BCUT2D eigenvalue weighted by molar-refractivity contribution is 5.59. The van der Waals surface area contributed by atoms with E-state index in [-0.39, 0.29) is 5.82 Å². The fourth-order valence-corrected chi connectivity index (χ4v) is 2.63. The minimum absolute atomic E-state index is 0.0371. The van der Waals surface area contributed by atoms with E-state index in [4.69, 9.17) is 0 Å². The molecule has 0 saturated carbocycles. The van der Waals surface area contributed by atoms with Crippen LogP contribution in [-0.2, 0) is 0 Å². The number of hydrogen-bond acceptors (Lipinski definition) is 5. The summed E-state index contributed by atoms with van der Waals surface area (Å²) in [5.74, 6) is 0.496. The number of nitrogens with one attached hydrogen (secondary N) is 1. The van der Waals surface area contributed by atoms with Crippen molar-refractivity contribution in [1.82, 2.24) is 10.3 Å². The Bertz CT molecular complexity index is 464. The molecule has 1 aromatic heterocycles. The smallest absolute Gasteiger partial charge is 0.364 e. The van der Waals surface area contributed by atoms with Gasteiger partial charge in [0.05, 0.1) is 0 Å². The predicted molar refractivity (Wildman–Crippen MR) is 79.0 cm³/mol. The fraction of sp³-hybridized carbons (Fsp3) is 0.643. The highest BCUT2D eigenvalue weighted by atomic mass is 16.6. The van der Waals surface area contributed by atoms with Crippen molar-refractivity contribution in [2.24, 2.45) is 5.92 Å². The molecule has 1 unspecified atom stereocenters. The second-order valence-corrected chi connectivity index (χ2v) is 5.62. The van der Waals surface area contributed by atoms with Gasteiger partial charge in [-0.1, -0.05) is 13.8 Å². The summed E-state index contributed by atoms with van der Waals surface area (Å²) in [6.45, 7) is 6.94. The summed E-state index contributed by atoms with van der Waals surface area (Å²) in [5, 5.41) is 14.5. The molecule has 1 aliphatic rings. The normalized spacial score (nSPS) is 19.4. The first-order chi connectivity index (χ1) is 9.58. The first kappa shape index (κ1) is 14.7. The van der Waals surface area contributed by atoms with Gasteiger partial charge in [0.1, 0.15) is 11.9 Å². The Morgan fingerprint density at radius 3 is 3.10 bits per heavy atom. The van der Waals surface area contributed by atoms with Crippen molar-refractivity contribution >= 4 is 11.5 Å². The SMILES string of the molecule is CC(C)NCC1CCCN(c2cccnc2[N+](=O)[O-])C1. The molecule has 20 heavy (non-hydrogen) atoms. The van der Waals surface area contributed by atoms with Crippen LogP contribution in [0.15, 0.2) is 18.3 Å². The molecule has 0 amide bonds. The maximum absolute atomic E-state index is 11.1. The summed E-state index contributed by atoms with van der Waals surface area (Å²) in [5.41, 5.74) is 0.645. The Hall–Kier alpha value is -1.69. The Kier molecular flexibility index (Phi) is 4.89. The minimum Gasteiger partial charge on any atom is -0.364 e.